The van der Waals surface area contributed by atoms with E-state index in [2.05, 4.69) is 0 Å². The number of carboxylic acids is 1. The highest BCUT2D eigenvalue weighted by Gasteiger charge is 2.37. The van der Waals surface area contributed by atoms with E-state index in [1.54, 1.807) is 4.90 Å². The maximum Gasteiger partial charge on any atom is 0.305 e. The molecule has 2 aliphatic heterocycles. The molecule has 2 aliphatic rings. The highest BCUT2D eigenvalue weighted by Crippen LogP contribution is 2.35. The van der Waals surface area contributed by atoms with Crippen molar-refractivity contribution in [3.05, 3.63) is 29.8 Å². The van der Waals surface area contributed by atoms with Gasteiger partial charge in [0.2, 0.25) is 5.91 Å². The van der Waals surface area contributed by atoms with Crippen molar-refractivity contribution in [3.63, 3.8) is 0 Å². The Hall–Kier alpha value is -2.08. The van der Waals surface area contributed by atoms with Gasteiger partial charge in [-0.2, -0.15) is 0 Å². The summed E-state index contributed by atoms with van der Waals surface area (Å²) < 4.78 is 10.9. The van der Waals surface area contributed by atoms with E-state index in [4.69, 9.17) is 14.6 Å². The van der Waals surface area contributed by atoms with Crippen LogP contribution in [0.2, 0.25) is 0 Å². The molecule has 2 heterocycles. The number of aliphatic carboxylic acids is 1. The zero-order valence-electron chi connectivity index (χ0n) is 11.5. The molecule has 3 rings (SSSR count). The standard InChI is InChI=1S/C15H17NO5/c17-14(18)7-10-8-20-6-5-16(10)15(19)12-9-21-13-4-2-1-3-11(12)13/h1-4,10,12H,5-9H2,(H,17,18). The minimum atomic E-state index is -0.925. The van der Waals surface area contributed by atoms with Crippen molar-refractivity contribution >= 4 is 11.9 Å². The third-order valence-corrected chi connectivity index (χ3v) is 3.92. The average molecular weight is 291 g/mol. The van der Waals surface area contributed by atoms with Gasteiger partial charge in [-0.3, -0.25) is 9.59 Å². The molecule has 21 heavy (non-hydrogen) atoms. The highest BCUT2D eigenvalue weighted by molar-refractivity contribution is 5.86. The van der Waals surface area contributed by atoms with Crippen molar-refractivity contribution < 1.29 is 24.2 Å². The van der Waals surface area contributed by atoms with Crippen LogP contribution < -0.4 is 4.74 Å². The summed E-state index contributed by atoms with van der Waals surface area (Å²) in [5.74, 6) is -0.615. The lowest BCUT2D eigenvalue weighted by Gasteiger charge is -2.36. The van der Waals surface area contributed by atoms with Gasteiger partial charge in [-0.1, -0.05) is 18.2 Å². The molecule has 1 N–H and O–H groups in total. The van der Waals surface area contributed by atoms with E-state index in [1.165, 1.54) is 0 Å². The van der Waals surface area contributed by atoms with Crippen molar-refractivity contribution in [2.45, 2.75) is 18.4 Å². The third kappa shape index (κ3) is 2.71. The van der Waals surface area contributed by atoms with Crippen LogP contribution in [-0.2, 0) is 14.3 Å². The van der Waals surface area contributed by atoms with Gasteiger partial charge in [0, 0.05) is 12.1 Å². The number of ether oxygens (including phenoxy) is 2. The van der Waals surface area contributed by atoms with Crippen LogP contribution in [0.4, 0.5) is 0 Å². The summed E-state index contributed by atoms with van der Waals surface area (Å²) in [5.41, 5.74) is 0.878. The molecule has 1 aromatic carbocycles. The minimum Gasteiger partial charge on any atom is -0.492 e. The van der Waals surface area contributed by atoms with Crippen molar-refractivity contribution in [1.29, 1.82) is 0 Å². The molecule has 0 bridgehead atoms. The van der Waals surface area contributed by atoms with Gasteiger partial charge in [0.25, 0.3) is 0 Å². The molecule has 0 aromatic heterocycles. The molecule has 2 atom stereocenters. The molecule has 0 radical (unpaired) electrons. The maximum atomic E-state index is 12.8. The molecule has 0 saturated carbocycles. The predicted molar refractivity (Wildman–Crippen MR) is 73.3 cm³/mol. The second-order valence-electron chi connectivity index (χ2n) is 5.26. The Kier molecular flexibility index (Phi) is 3.79. The fourth-order valence-electron chi connectivity index (χ4n) is 2.88. The van der Waals surface area contributed by atoms with Gasteiger partial charge in [-0.25, -0.2) is 0 Å². The monoisotopic (exact) mass is 291 g/mol. The molecule has 6 nitrogen and oxygen atoms in total. The Morgan fingerprint density at radius 3 is 2.90 bits per heavy atom. The van der Waals surface area contributed by atoms with Crippen LogP contribution in [0.15, 0.2) is 24.3 Å². The first-order valence-corrected chi connectivity index (χ1v) is 6.98. The van der Waals surface area contributed by atoms with Crippen molar-refractivity contribution in [2.24, 2.45) is 0 Å². The average Bonchev–Trinajstić information content (AvgIpc) is 2.90. The number of hydrogen-bond donors (Lipinski definition) is 1. The summed E-state index contributed by atoms with van der Waals surface area (Å²) in [6.45, 7) is 1.45. The lowest BCUT2D eigenvalue weighted by atomic mass is 9.98. The second-order valence-corrected chi connectivity index (χ2v) is 5.26. The molecular formula is C15H17NO5. The van der Waals surface area contributed by atoms with E-state index >= 15 is 0 Å². The number of fused-ring (bicyclic) bond motifs is 1. The first-order chi connectivity index (χ1) is 10.2. The molecular weight excluding hydrogens is 274 g/mol. The maximum absolute atomic E-state index is 12.8. The summed E-state index contributed by atoms with van der Waals surface area (Å²) in [7, 11) is 0. The zero-order valence-corrected chi connectivity index (χ0v) is 11.5. The molecule has 6 heteroatoms. The van der Waals surface area contributed by atoms with Gasteiger partial charge in [-0.15, -0.1) is 0 Å². The van der Waals surface area contributed by atoms with Gasteiger partial charge in [-0.05, 0) is 6.07 Å². The molecule has 1 amide bonds. The third-order valence-electron chi connectivity index (χ3n) is 3.92. The number of hydrogen-bond acceptors (Lipinski definition) is 4. The molecule has 0 aliphatic carbocycles. The smallest absolute Gasteiger partial charge is 0.305 e. The molecule has 0 spiro atoms. The largest absolute Gasteiger partial charge is 0.492 e. The Morgan fingerprint density at radius 2 is 2.10 bits per heavy atom. The van der Waals surface area contributed by atoms with Crippen molar-refractivity contribution in [2.75, 3.05) is 26.4 Å². The van der Waals surface area contributed by atoms with Crippen molar-refractivity contribution in [3.8, 4) is 5.75 Å². The number of para-hydroxylation sites is 1. The lowest BCUT2D eigenvalue weighted by Crippen LogP contribution is -2.51. The fraction of sp³-hybridized carbons (Fsp3) is 0.467. The Balaban J connectivity index is 1.79. The molecule has 112 valence electrons. The van der Waals surface area contributed by atoms with Crippen LogP contribution in [0.25, 0.3) is 0 Å². The number of carbonyl (C=O) groups is 2. The van der Waals surface area contributed by atoms with E-state index in [0.717, 1.165) is 11.3 Å². The fourth-order valence-corrected chi connectivity index (χ4v) is 2.88. The Bertz CT molecular complexity index is 559. The topological polar surface area (TPSA) is 76.1 Å². The van der Waals surface area contributed by atoms with Crippen LogP contribution in [0.5, 0.6) is 5.75 Å². The predicted octanol–water partition coefficient (Wildman–Crippen LogP) is 0.865. The SMILES string of the molecule is O=C(O)CC1COCCN1C(=O)C1COc2ccccc21. The highest BCUT2D eigenvalue weighted by atomic mass is 16.5. The van der Waals surface area contributed by atoms with Crippen LogP contribution in [0.1, 0.15) is 17.9 Å². The van der Waals surface area contributed by atoms with Gasteiger partial charge >= 0.3 is 5.97 Å². The summed E-state index contributed by atoms with van der Waals surface area (Å²) >= 11 is 0. The van der Waals surface area contributed by atoms with E-state index in [9.17, 15) is 9.59 Å². The zero-order chi connectivity index (χ0) is 14.8. The Labute approximate surface area is 122 Å². The lowest BCUT2D eigenvalue weighted by molar-refractivity contribution is -0.147. The minimum absolute atomic E-state index is 0.0745. The first-order valence-electron chi connectivity index (χ1n) is 6.98. The second kappa shape index (κ2) is 5.73. The van der Waals surface area contributed by atoms with E-state index < -0.39 is 12.0 Å². The number of amides is 1. The van der Waals surface area contributed by atoms with Gasteiger partial charge in [0.1, 0.15) is 18.3 Å². The summed E-state index contributed by atoms with van der Waals surface area (Å²) in [4.78, 5) is 25.3. The number of carboxylic acid groups (broad SMARTS) is 1. The van der Waals surface area contributed by atoms with E-state index in [1.807, 2.05) is 24.3 Å². The number of rotatable bonds is 3. The molecule has 2 unspecified atom stereocenters. The van der Waals surface area contributed by atoms with Crippen LogP contribution in [0.3, 0.4) is 0 Å². The molecule has 1 fully saturated rings. The number of morpholine rings is 1. The molecule has 1 saturated heterocycles. The van der Waals surface area contributed by atoms with Gasteiger partial charge in [0.15, 0.2) is 0 Å². The summed E-state index contributed by atoms with van der Waals surface area (Å²) in [6, 6.07) is 7.07. The number of benzene rings is 1. The first kappa shape index (κ1) is 13.9. The Morgan fingerprint density at radius 1 is 1.29 bits per heavy atom. The van der Waals surface area contributed by atoms with E-state index in [-0.39, 0.29) is 24.9 Å². The summed E-state index contributed by atoms with van der Waals surface area (Å²) in [5, 5.41) is 8.97. The van der Waals surface area contributed by atoms with Crippen LogP contribution in [-0.4, -0.2) is 54.3 Å². The van der Waals surface area contributed by atoms with Crippen LogP contribution >= 0.6 is 0 Å². The van der Waals surface area contributed by atoms with Gasteiger partial charge in [0.05, 0.1) is 25.7 Å². The van der Waals surface area contributed by atoms with Crippen molar-refractivity contribution in [1.82, 2.24) is 4.90 Å². The van der Waals surface area contributed by atoms with E-state index in [0.29, 0.717) is 19.8 Å². The molecule has 1 aromatic rings. The normalized spacial score (nSPS) is 24.3. The van der Waals surface area contributed by atoms with Gasteiger partial charge < -0.3 is 19.5 Å². The number of carbonyl (C=O) groups excluding carboxylic acids is 1. The number of nitrogens with zero attached hydrogens (tertiary/aromatic N) is 1. The summed E-state index contributed by atoms with van der Waals surface area (Å²) in [6.07, 6.45) is -0.0963. The quantitative estimate of drug-likeness (QED) is 0.894. The van der Waals surface area contributed by atoms with Crippen LogP contribution in [0, 0.1) is 0 Å².